The predicted octanol–water partition coefficient (Wildman–Crippen LogP) is 3.61. The minimum atomic E-state index is 0.156. The minimum Gasteiger partial charge on any atom is -0.372 e. The van der Waals surface area contributed by atoms with Crippen molar-refractivity contribution in [3.05, 3.63) is 0 Å². The van der Waals surface area contributed by atoms with Crippen molar-refractivity contribution < 1.29 is 9.47 Å². The Balaban J connectivity index is 1.35. The molecular weight excluding hydrogens is 274 g/mol. The smallest absolute Gasteiger partial charge is 0.0936 e. The molecule has 22 heavy (non-hydrogen) atoms. The highest BCUT2D eigenvalue weighted by atomic mass is 16.5. The van der Waals surface area contributed by atoms with Crippen LogP contribution in [0.2, 0.25) is 0 Å². The van der Waals surface area contributed by atoms with Gasteiger partial charge in [-0.15, -0.1) is 0 Å². The normalized spacial score (nSPS) is 41.3. The molecule has 1 saturated carbocycles. The van der Waals surface area contributed by atoms with Crippen LogP contribution in [0.15, 0.2) is 0 Å². The summed E-state index contributed by atoms with van der Waals surface area (Å²) in [5.41, 5.74) is 0.597. The molecule has 0 aromatic heterocycles. The Morgan fingerprint density at radius 1 is 1.09 bits per heavy atom. The zero-order valence-electron chi connectivity index (χ0n) is 14.9. The lowest BCUT2D eigenvalue weighted by atomic mass is 9.65. The topological polar surface area (TPSA) is 21.7 Å². The molecule has 0 bridgehead atoms. The Labute approximate surface area is 135 Å². The Hall–Kier alpha value is -0.120. The fourth-order valence-corrected chi connectivity index (χ4v) is 5.24. The molecule has 126 valence electrons. The molecule has 2 spiro atoms. The van der Waals surface area contributed by atoms with E-state index in [1.165, 1.54) is 38.5 Å². The van der Waals surface area contributed by atoms with Gasteiger partial charge in [0.15, 0.2) is 0 Å². The molecule has 4 rings (SSSR count). The third-order valence-electron chi connectivity index (χ3n) is 7.21. The number of ether oxygens (including phenoxy) is 2. The second kappa shape index (κ2) is 4.94. The summed E-state index contributed by atoms with van der Waals surface area (Å²) in [7, 11) is 0. The van der Waals surface area contributed by atoms with Crippen molar-refractivity contribution in [3.63, 3.8) is 0 Å². The third-order valence-corrected chi connectivity index (χ3v) is 7.21. The van der Waals surface area contributed by atoms with Crippen molar-refractivity contribution in [2.75, 3.05) is 19.7 Å². The molecular formula is C19H33NO2. The van der Waals surface area contributed by atoms with Crippen LogP contribution in [0.25, 0.3) is 0 Å². The van der Waals surface area contributed by atoms with Gasteiger partial charge in [-0.3, -0.25) is 4.90 Å². The number of hydrogen-bond donors (Lipinski definition) is 0. The predicted molar refractivity (Wildman–Crippen MR) is 88.0 cm³/mol. The van der Waals surface area contributed by atoms with Crippen molar-refractivity contribution in [2.45, 2.75) is 89.1 Å². The second-order valence-electron chi connectivity index (χ2n) is 9.39. The van der Waals surface area contributed by atoms with E-state index in [1.54, 1.807) is 0 Å². The van der Waals surface area contributed by atoms with Gasteiger partial charge >= 0.3 is 0 Å². The summed E-state index contributed by atoms with van der Waals surface area (Å²) in [6.45, 7) is 12.7. The highest BCUT2D eigenvalue weighted by Gasteiger charge is 2.58. The number of rotatable bonds is 3. The summed E-state index contributed by atoms with van der Waals surface area (Å²) in [4.78, 5) is 2.61. The van der Waals surface area contributed by atoms with E-state index >= 15 is 0 Å². The quantitative estimate of drug-likeness (QED) is 0.795. The Kier molecular flexibility index (Phi) is 3.46. The first kappa shape index (κ1) is 15.4. The van der Waals surface area contributed by atoms with Gasteiger partial charge in [0.05, 0.1) is 17.3 Å². The van der Waals surface area contributed by atoms with E-state index in [-0.39, 0.29) is 16.7 Å². The first-order valence-electron chi connectivity index (χ1n) is 9.41. The average Bonchev–Trinajstić information content (AvgIpc) is 3.02. The van der Waals surface area contributed by atoms with Crippen molar-refractivity contribution in [3.8, 4) is 0 Å². The average molecular weight is 307 g/mol. The fourth-order valence-electron chi connectivity index (χ4n) is 5.24. The number of likely N-dealkylation sites (tertiary alicyclic amines) is 1. The second-order valence-corrected chi connectivity index (χ2v) is 9.39. The first-order chi connectivity index (χ1) is 10.3. The maximum atomic E-state index is 6.66. The maximum absolute atomic E-state index is 6.66. The largest absolute Gasteiger partial charge is 0.372 e. The molecule has 0 amide bonds. The summed E-state index contributed by atoms with van der Waals surface area (Å²) in [5.74, 6) is 1.71. The van der Waals surface area contributed by atoms with E-state index in [9.17, 15) is 0 Å². The van der Waals surface area contributed by atoms with Crippen LogP contribution >= 0.6 is 0 Å². The van der Waals surface area contributed by atoms with Gasteiger partial charge in [0.2, 0.25) is 0 Å². The van der Waals surface area contributed by atoms with Gasteiger partial charge in [-0.05, 0) is 64.2 Å². The van der Waals surface area contributed by atoms with E-state index in [1.807, 2.05) is 0 Å². The third kappa shape index (κ3) is 2.27. The molecule has 3 nitrogen and oxygen atoms in total. The van der Waals surface area contributed by atoms with Crippen LogP contribution < -0.4 is 0 Å². The summed E-state index contributed by atoms with van der Waals surface area (Å²) in [6, 6.07) is 0. The van der Waals surface area contributed by atoms with Crippen LogP contribution in [0, 0.1) is 11.8 Å². The lowest BCUT2D eigenvalue weighted by molar-refractivity contribution is -0.197. The first-order valence-corrected chi connectivity index (χ1v) is 9.41. The molecule has 0 N–H and O–H groups in total. The highest BCUT2D eigenvalue weighted by Crippen LogP contribution is 2.54. The number of hydrogen-bond acceptors (Lipinski definition) is 3. The molecule has 4 aliphatic rings. The summed E-state index contributed by atoms with van der Waals surface area (Å²) in [6.07, 6.45) is 8.01. The molecule has 0 aromatic carbocycles. The van der Waals surface area contributed by atoms with Gasteiger partial charge in [-0.25, -0.2) is 0 Å². The highest BCUT2D eigenvalue weighted by molar-refractivity contribution is 5.10. The van der Waals surface area contributed by atoms with Gasteiger partial charge in [0.25, 0.3) is 0 Å². The van der Waals surface area contributed by atoms with E-state index in [0.717, 1.165) is 31.5 Å². The molecule has 3 heterocycles. The summed E-state index contributed by atoms with van der Waals surface area (Å²) in [5, 5.41) is 0. The van der Waals surface area contributed by atoms with Crippen molar-refractivity contribution in [1.82, 2.24) is 4.90 Å². The van der Waals surface area contributed by atoms with Crippen LogP contribution in [0.5, 0.6) is 0 Å². The monoisotopic (exact) mass is 307 g/mol. The van der Waals surface area contributed by atoms with Crippen LogP contribution in [-0.2, 0) is 9.47 Å². The molecule has 4 fully saturated rings. The molecule has 1 unspecified atom stereocenters. The van der Waals surface area contributed by atoms with Crippen LogP contribution in [0.3, 0.4) is 0 Å². The summed E-state index contributed by atoms with van der Waals surface area (Å²) >= 11 is 0. The van der Waals surface area contributed by atoms with E-state index in [2.05, 4.69) is 32.6 Å². The van der Waals surface area contributed by atoms with Gasteiger partial charge in [-0.1, -0.05) is 13.8 Å². The van der Waals surface area contributed by atoms with E-state index in [4.69, 9.17) is 9.47 Å². The van der Waals surface area contributed by atoms with E-state index in [0.29, 0.717) is 6.10 Å². The van der Waals surface area contributed by atoms with Crippen LogP contribution in [-0.4, -0.2) is 47.4 Å². The summed E-state index contributed by atoms with van der Waals surface area (Å²) < 4.78 is 12.7. The number of nitrogens with zero attached hydrogens (tertiary/aromatic N) is 1. The van der Waals surface area contributed by atoms with Crippen molar-refractivity contribution in [2.24, 2.45) is 11.8 Å². The molecule has 3 aliphatic heterocycles. The molecule has 0 aromatic rings. The molecule has 3 heteroatoms. The lowest BCUT2D eigenvalue weighted by Crippen LogP contribution is -2.70. The van der Waals surface area contributed by atoms with Gasteiger partial charge in [-0.2, -0.15) is 0 Å². The molecule has 0 radical (unpaired) electrons. The van der Waals surface area contributed by atoms with Crippen molar-refractivity contribution in [1.29, 1.82) is 0 Å². The molecule has 3 saturated heterocycles. The van der Waals surface area contributed by atoms with Crippen LogP contribution in [0.1, 0.15) is 66.2 Å². The Morgan fingerprint density at radius 2 is 1.82 bits per heavy atom. The standard InChI is InChI=1S/C19H33NO2/c1-14(2)15-10-18(11-15)8-6-16(22-18)17(3,4)20-12-19(13-20)7-5-9-21-19/h14-16H,5-13H2,1-4H3. The van der Waals surface area contributed by atoms with Gasteiger partial charge < -0.3 is 9.47 Å². The zero-order valence-corrected chi connectivity index (χ0v) is 14.9. The van der Waals surface area contributed by atoms with Crippen LogP contribution in [0.4, 0.5) is 0 Å². The van der Waals surface area contributed by atoms with Gasteiger partial charge in [0.1, 0.15) is 0 Å². The SMILES string of the molecule is CC(C)C1CC2(CCC(C(C)(C)N3CC4(CCCO4)C3)O2)C1. The minimum absolute atomic E-state index is 0.156. The maximum Gasteiger partial charge on any atom is 0.0936 e. The molecule has 1 aliphatic carbocycles. The zero-order chi connectivity index (χ0) is 15.6. The Bertz CT molecular complexity index is 425. The molecule has 1 atom stereocenters. The fraction of sp³-hybridized carbons (Fsp3) is 1.00. The van der Waals surface area contributed by atoms with Crippen molar-refractivity contribution >= 4 is 0 Å². The van der Waals surface area contributed by atoms with Gasteiger partial charge in [0, 0.05) is 25.2 Å². The van der Waals surface area contributed by atoms with E-state index < -0.39 is 0 Å². The Morgan fingerprint density at radius 3 is 2.41 bits per heavy atom. The lowest BCUT2D eigenvalue weighted by Gasteiger charge is -2.56.